The molecule has 362 valence electrons. The molecule has 4 aliphatic carbocycles. The topological polar surface area (TPSA) is 55.4 Å². The van der Waals surface area contributed by atoms with E-state index in [0.717, 1.165) is 70.6 Å². The molecule has 5 aliphatic rings. The molecule has 1 heterocycles. The van der Waals surface area contributed by atoms with E-state index in [4.69, 9.17) is 28.4 Å². The highest BCUT2D eigenvalue weighted by Gasteiger charge is 2.61. The van der Waals surface area contributed by atoms with Crippen molar-refractivity contribution >= 4 is 0 Å². The SMILES string of the molecule is CC(C)CCC[C@@H](C)[C@H]1CC[C@H]2[C@@H]3CC[C@H]4C[C@@H](OC5O[C@H](COCc6ccccc6)[C@H](OCc6ccccc6)[C@H](OCc6ccccc6)[C@H]5OCc5ccccc5)CC[C@]4(C)[C@H]3CC[C@]12C. The summed E-state index contributed by atoms with van der Waals surface area (Å²) < 4.78 is 42.2. The van der Waals surface area contributed by atoms with Gasteiger partial charge in [-0.05, 0) is 132 Å². The first kappa shape index (κ1) is 48.7. The van der Waals surface area contributed by atoms with Crippen LogP contribution >= 0.6 is 0 Å². The Labute approximate surface area is 404 Å². The summed E-state index contributed by atoms with van der Waals surface area (Å²) >= 11 is 0. The Hall–Kier alpha value is -3.36. The second-order valence-electron chi connectivity index (χ2n) is 22.5. The summed E-state index contributed by atoms with van der Waals surface area (Å²) in [5, 5.41) is 0. The maximum absolute atomic E-state index is 7.39. The summed E-state index contributed by atoms with van der Waals surface area (Å²) in [7, 11) is 0. The molecule has 0 N–H and O–H groups in total. The Kier molecular flexibility index (Phi) is 16.4. The summed E-state index contributed by atoms with van der Waals surface area (Å²) in [6, 6.07) is 41.6. The van der Waals surface area contributed by atoms with E-state index >= 15 is 0 Å². The second kappa shape index (κ2) is 22.6. The first-order valence-corrected chi connectivity index (χ1v) is 26.6. The molecule has 0 amide bonds. The van der Waals surface area contributed by atoms with Gasteiger partial charge >= 0.3 is 0 Å². The first-order valence-electron chi connectivity index (χ1n) is 26.6. The van der Waals surface area contributed by atoms with Gasteiger partial charge in [0.2, 0.25) is 0 Å². The van der Waals surface area contributed by atoms with Gasteiger partial charge in [-0.25, -0.2) is 0 Å². The fourth-order valence-corrected chi connectivity index (χ4v) is 14.4. The van der Waals surface area contributed by atoms with Crippen LogP contribution in [-0.4, -0.2) is 43.4 Å². The maximum atomic E-state index is 7.39. The van der Waals surface area contributed by atoms with Crippen molar-refractivity contribution in [2.75, 3.05) is 6.61 Å². The zero-order valence-corrected chi connectivity index (χ0v) is 41.5. The number of ether oxygens (including phenoxy) is 6. The molecule has 0 bridgehead atoms. The third-order valence-electron chi connectivity index (χ3n) is 18.0. The molecule has 4 aromatic rings. The monoisotopic (exact) mass is 911 g/mol. The molecule has 4 saturated carbocycles. The van der Waals surface area contributed by atoms with Crippen molar-refractivity contribution < 1.29 is 28.4 Å². The molecule has 0 spiro atoms. The Balaban J connectivity index is 0.946. The van der Waals surface area contributed by atoms with Gasteiger partial charge in [-0.2, -0.15) is 0 Å². The minimum atomic E-state index is -0.662. The molecule has 9 rings (SSSR count). The largest absolute Gasteiger partial charge is 0.374 e. The molecular weight excluding hydrogens is 829 g/mol. The Morgan fingerprint density at radius 1 is 0.552 bits per heavy atom. The average Bonchev–Trinajstić information content (AvgIpc) is 3.71. The quantitative estimate of drug-likeness (QED) is 0.0824. The van der Waals surface area contributed by atoms with Crippen LogP contribution in [0.15, 0.2) is 121 Å². The normalized spacial score (nSPS) is 34.3. The summed E-state index contributed by atoms with van der Waals surface area (Å²) in [5.74, 6) is 5.77. The maximum Gasteiger partial charge on any atom is 0.187 e. The van der Waals surface area contributed by atoms with Gasteiger partial charge in [0.05, 0.1) is 39.1 Å². The molecule has 1 saturated heterocycles. The van der Waals surface area contributed by atoms with Crippen LogP contribution in [0.3, 0.4) is 0 Å². The second-order valence-corrected chi connectivity index (χ2v) is 22.5. The third-order valence-corrected chi connectivity index (χ3v) is 18.0. The van der Waals surface area contributed by atoms with Gasteiger partial charge in [-0.3, -0.25) is 0 Å². The van der Waals surface area contributed by atoms with Crippen LogP contribution in [0, 0.1) is 52.3 Å². The van der Waals surface area contributed by atoms with Gasteiger partial charge < -0.3 is 28.4 Å². The molecule has 6 heteroatoms. The highest BCUT2D eigenvalue weighted by molar-refractivity contribution is 5.17. The van der Waals surface area contributed by atoms with E-state index in [9.17, 15) is 0 Å². The van der Waals surface area contributed by atoms with Gasteiger partial charge in [0.15, 0.2) is 6.29 Å². The van der Waals surface area contributed by atoms with Crippen molar-refractivity contribution in [1.29, 1.82) is 0 Å². The molecule has 6 nitrogen and oxygen atoms in total. The fourth-order valence-electron chi connectivity index (χ4n) is 14.4. The van der Waals surface area contributed by atoms with Gasteiger partial charge in [-0.1, -0.05) is 175 Å². The lowest BCUT2D eigenvalue weighted by molar-refractivity contribution is -0.340. The van der Waals surface area contributed by atoms with Crippen LogP contribution in [0.2, 0.25) is 0 Å². The van der Waals surface area contributed by atoms with Gasteiger partial charge in [0.1, 0.15) is 24.4 Å². The highest BCUT2D eigenvalue weighted by Crippen LogP contribution is 2.68. The number of fused-ring (bicyclic) bond motifs is 5. The predicted octanol–water partition coefficient (Wildman–Crippen LogP) is 14.2. The first-order chi connectivity index (χ1) is 32.7. The fraction of sp³-hybridized carbons (Fsp3) is 0.607. The lowest BCUT2D eigenvalue weighted by Crippen LogP contribution is -2.62. The highest BCUT2D eigenvalue weighted by atomic mass is 16.7. The van der Waals surface area contributed by atoms with E-state index in [0.29, 0.717) is 49.8 Å². The molecule has 1 unspecified atom stereocenters. The Morgan fingerprint density at radius 2 is 1.09 bits per heavy atom. The van der Waals surface area contributed by atoms with Crippen molar-refractivity contribution in [2.45, 2.75) is 175 Å². The van der Waals surface area contributed by atoms with E-state index in [2.05, 4.69) is 138 Å². The lowest BCUT2D eigenvalue weighted by Gasteiger charge is -2.61. The van der Waals surface area contributed by atoms with Crippen LogP contribution in [-0.2, 0) is 54.8 Å². The summed E-state index contributed by atoms with van der Waals surface area (Å²) in [4.78, 5) is 0. The Bertz CT molecular complexity index is 2060. The van der Waals surface area contributed by atoms with Crippen molar-refractivity contribution in [2.24, 2.45) is 52.3 Å². The lowest BCUT2D eigenvalue weighted by atomic mass is 9.44. The van der Waals surface area contributed by atoms with Crippen LogP contribution in [0.4, 0.5) is 0 Å². The van der Waals surface area contributed by atoms with E-state index in [1.165, 1.54) is 64.2 Å². The predicted molar refractivity (Wildman–Crippen MR) is 268 cm³/mol. The van der Waals surface area contributed by atoms with Crippen molar-refractivity contribution in [3.8, 4) is 0 Å². The zero-order valence-electron chi connectivity index (χ0n) is 41.5. The average molecular weight is 911 g/mol. The number of hydrogen-bond acceptors (Lipinski definition) is 6. The Morgan fingerprint density at radius 3 is 1.69 bits per heavy atom. The molecule has 14 atom stereocenters. The zero-order chi connectivity index (χ0) is 46.2. The summed E-state index contributed by atoms with van der Waals surface area (Å²) in [6.07, 6.45) is 13.3. The molecule has 67 heavy (non-hydrogen) atoms. The molecule has 0 radical (unpaired) electrons. The summed E-state index contributed by atoms with van der Waals surface area (Å²) in [5.41, 5.74) is 5.28. The summed E-state index contributed by atoms with van der Waals surface area (Å²) in [6.45, 7) is 14.8. The van der Waals surface area contributed by atoms with Crippen LogP contribution in [0.5, 0.6) is 0 Å². The standard InChI is InChI=1S/C61H82O6/c1-43(2)19-18-20-44(3)52-31-32-53-51-30-29-49-37-50(33-35-60(49,4)54(51)34-36-61(52,53)5)66-59-58(65-41-48-27-16-9-17-28-48)57(64-40-47-25-14-8-15-26-47)56(63-39-46-23-12-7-13-24-46)55(67-59)42-62-38-45-21-10-6-11-22-45/h6-17,21-28,43-44,49-59H,18-20,29-42H2,1-5H3/t44-,49+,50+,51+,52-,53+,54+,55-,56+,57+,58-,59?,60+,61-/m1/s1. The van der Waals surface area contributed by atoms with E-state index in [-0.39, 0.29) is 6.10 Å². The third kappa shape index (κ3) is 11.5. The van der Waals surface area contributed by atoms with E-state index in [1.54, 1.807) is 0 Å². The van der Waals surface area contributed by atoms with Gasteiger partial charge in [0.25, 0.3) is 0 Å². The van der Waals surface area contributed by atoms with Gasteiger partial charge in [-0.15, -0.1) is 0 Å². The van der Waals surface area contributed by atoms with Crippen LogP contribution in [0.1, 0.15) is 134 Å². The molecule has 5 fully saturated rings. The van der Waals surface area contributed by atoms with Crippen LogP contribution < -0.4 is 0 Å². The number of benzene rings is 4. The van der Waals surface area contributed by atoms with E-state index < -0.39 is 30.7 Å². The number of hydrogen-bond donors (Lipinski definition) is 0. The smallest absolute Gasteiger partial charge is 0.187 e. The number of rotatable bonds is 20. The van der Waals surface area contributed by atoms with Crippen molar-refractivity contribution in [3.05, 3.63) is 144 Å². The molecular formula is C61H82O6. The van der Waals surface area contributed by atoms with E-state index in [1.807, 2.05) is 18.2 Å². The molecule has 1 aliphatic heterocycles. The molecule has 0 aromatic heterocycles. The van der Waals surface area contributed by atoms with Crippen molar-refractivity contribution in [1.82, 2.24) is 0 Å². The molecule has 4 aromatic carbocycles. The minimum Gasteiger partial charge on any atom is -0.374 e. The van der Waals surface area contributed by atoms with Crippen LogP contribution in [0.25, 0.3) is 0 Å². The van der Waals surface area contributed by atoms with Gasteiger partial charge in [0, 0.05) is 0 Å². The van der Waals surface area contributed by atoms with Crippen molar-refractivity contribution in [3.63, 3.8) is 0 Å². The minimum absolute atomic E-state index is 0.0707.